The van der Waals surface area contributed by atoms with Gasteiger partial charge in [0.25, 0.3) is 0 Å². The summed E-state index contributed by atoms with van der Waals surface area (Å²) in [5.41, 5.74) is -0.530. The lowest BCUT2D eigenvalue weighted by Crippen LogP contribution is -2.40. The fourth-order valence-electron chi connectivity index (χ4n) is 3.96. The quantitative estimate of drug-likeness (QED) is 0.630. The summed E-state index contributed by atoms with van der Waals surface area (Å²) in [5.74, 6) is -1.74. The third kappa shape index (κ3) is 2.83. The molecule has 1 unspecified atom stereocenters. The van der Waals surface area contributed by atoms with Crippen molar-refractivity contribution in [2.45, 2.75) is 12.5 Å². The van der Waals surface area contributed by atoms with Gasteiger partial charge < -0.3 is 20.1 Å². The van der Waals surface area contributed by atoms with E-state index in [1.54, 1.807) is 12.1 Å². The van der Waals surface area contributed by atoms with Crippen LogP contribution in [0.1, 0.15) is 16.8 Å². The van der Waals surface area contributed by atoms with Crippen LogP contribution in [0.25, 0.3) is 10.9 Å². The Morgan fingerprint density at radius 1 is 1.47 bits per heavy atom. The number of carboxylic acid groups (broad SMARTS) is 1. The van der Waals surface area contributed by atoms with Crippen molar-refractivity contribution < 1.29 is 19.0 Å². The van der Waals surface area contributed by atoms with Crippen LogP contribution < -0.4 is 25.4 Å². The summed E-state index contributed by atoms with van der Waals surface area (Å²) in [7, 11) is 1.69. The van der Waals surface area contributed by atoms with E-state index in [2.05, 4.69) is 14.7 Å². The Morgan fingerprint density at radius 3 is 3.03 bits per heavy atom. The number of halogens is 1. The van der Waals surface area contributed by atoms with Crippen LogP contribution in [-0.2, 0) is 0 Å². The van der Waals surface area contributed by atoms with Crippen molar-refractivity contribution in [3.05, 3.63) is 40.2 Å². The number of hydrogen-bond acceptors (Lipinski definition) is 9. The number of aromatic nitrogens is 3. The summed E-state index contributed by atoms with van der Waals surface area (Å²) in [6.45, 7) is 1.19. The van der Waals surface area contributed by atoms with Crippen molar-refractivity contribution in [3.63, 3.8) is 0 Å². The van der Waals surface area contributed by atoms with E-state index in [0.29, 0.717) is 23.7 Å². The highest BCUT2D eigenvalue weighted by molar-refractivity contribution is 7.09. The first-order chi connectivity index (χ1) is 14.4. The molecular weight excluding hydrogens is 415 g/mol. The standard InChI is InChI=1S/C18H17FN6O4S/c1-23-8-29-16-13-10(15(26)11(17(27)28)6-25(13)23)4-12(19)14(16)24-3-2-9(5-24)22-18-20-7-21-30-18/h4,6-7,9H,2-3,5,8H2,1H3,(H,27,28)(H,20,21,22). The topological polar surface area (TPSA) is 113 Å². The molecule has 1 atom stereocenters. The van der Waals surface area contributed by atoms with E-state index in [0.717, 1.165) is 12.5 Å². The summed E-state index contributed by atoms with van der Waals surface area (Å²) in [6, 6.07) is 1.16. The van der Waals surface area contributed by atoms with Gasteiger partial charge in [-0.2, -0.15) is 4.37 Å². The molecule has 3 aromatic rings. The molecule has 0 saturated carbocycles. The van der Waals surface area contributed by atoms with Crippen molar-refractivity contribution in [1.82, 2.24) is 14.0 Å². The van der Waals surface area contributed by atoms with E-state index in [4.69, 9.17) is 4.74 Å². The van der Waals surface area contributed by atoms with Gasteiger partial charge >= 0.3 is 5.97 Å². The molecule has 2 N–H and O–H groups in total. The SMILES string of the molecule is CN1COc2c(N3CCC(Nc4ncns4)C3)c(F)cc3c(=O)c(C(=O)O)cn1c23. The Morgan fingerprint density at radius 2 is 2.30 bits per heavy atom. The van der Waals surface area contributed by atoms with E-state index >= 15 is 4.39 Å². The first kappa shape index (κ1) is 18.6. The number of ether oxygens (including phenoxy) is 1. The van der Waals surface area contributed by atoms with Crippen molar-refractivity contribution in [1.29, 1.82) is 0 Å². The molecule has 156 valence electrons. The van der Waals surface area contributed by atoms with Crippen LogP contribution in [0.4, 0.5) is 15.2 Å². The lowest BCUT2D eigenvalue weighted by atomic mass is 10.1. The predicted octanol–water partition coefficient (Wildman–Crippen LogP) is 1.30. The summed E-state index contributed by atoms with van der Waals surface area (Å²) in [4.78, 5) is 30.1. The monoisotopic (exact) mass is 432 g/mol. The average molecular weight is 432 g/mol. The first-order valence-electron chi connectivity index (χ1n) is 9.21. The zero-order chi connectivity index (χ0) is 21.0. The summed E-state index contributed by atoms with van der Waals surface area (Å²) in [5, 5.41) is 15.0. The summed E-state index contributed by atoms with van der Waals surface area (Å²) < 4.78 is 26.5. The van der Waals surface area contributed by atoms with Crippen LogP contribution in [-0.4, -0.2) is 58.0 Å². The highest BCUT2D eigenvalue weighted by Crippen LogP contribution is 2.41. The molecule has 30 heavy (non-hydrogen) atoms. The molecule has 0 aliphatic carbocycles. The maximum absolute atomic E-state index is 15.2. The van der Waals surface area contributed by atoms with Gasteiger partial charge in [-0.1, -0.05) is 0 Å². The second-order valence-corrected chi connectivity index (χ2v) is 7.99. The zero-order valence-corrected chi connectivity index (χ0v) is 16.6. The van der Waals surface area contributed by atoms with Crippen LogP contribution in [0.2, 0.25) is 0 Å². The fraction of sp³-hybridized carbons (Fsp3) is 0.333. The normalized spacial score (nSPS) is 18.0. The van der Waals surface area contributed by atoms with Crippen molar-refractivity contribution >= 4 is 39.2 Å². The third-order valence-corrected chi connectivity index (χ3v) is 5.94. The number of aromatic carboxylic acids is 1. The van der Waals surface area contributed by atoms with Gasteiger partial charge in [-0.05, 0) is 12.5 Å². The van der Waals surface area contributed by atoms with E-state index in [1.807, 2.05) is 4.90 Å². The lowest BCUT2D eigenvalue weighted by molar-refractivity contribution is 0.0694. The van der Waals surface area contributed by atoms with Crippen LogP contribution in [0.5, 0.6) is 5.75 Å². The molecule has 0 amide bonds. The molecule has 1 aromatic carbocycles. The molecule has 0 radical (unpaired) electrons. The summed E-state index contributed by atoms with van der Waals surface area (Å²) in [6.07, 6.45) is 3.49. The number of anilines is 2. The van der Waals surface area contributed by atoms with Gasteiger partial charge in [-0.25, -0.2) is 14.2 Å². The molecule has 5 rings (SSSR count). The summed E-state index contributed by atoms with van der Waals surface area (Å²) >= 11 is 1.26. The Balaban J connectivity index is 1.61. The second-order valence-electron chi connectivity index (χ2n) is 7.21. The number of hydrogen-bond donors (Lipinski definition) is 2. The molecule has 0 bridgehead atoms. The highest BCUT2D eigenvalue weighted by atomic mass is 32.1. The minimum Gasteiger partial charge on any atom is -0.477 e. The number of carboxylic acids is 1. The van der Waals surface area contributed by atoms with Gasteiger partial charge in [-0.15, -0.1) is 0 Å². The first-order valence-corrected chi connectivity index (χ1v) is 9.99. The Kier molecular flexibility index (Phi) is 4.24. The van der Waals surface area contributed by atoms with E-state index in [1.165, 1.54) is 28.7 Å². The maximum atomic E-state index is 15.2. The molecule has 2 aliphatic rings. The number of benzene rings is 1. The minimum atomic E-state index is -1.36. The van der Waals surface area contributed by atoms with E-state index < -0.39 is 22.8 Å². The molecule has 4 heterocycles. The largest absolute Gasteiger partial charge is 0.477 e. The van der Waals surface area contributed by atoms with Crippen LogP contribution in [0.3, 0.4) is 0 Å². The molecule has 2 aromatic heterocycles. The van der Waals surface area contributed by atoms with Gasteiger partial charge in [0.15, 0.2) is 18.3 Å². The molecular formula is C18H17FN6O4S. The minimum absolute atomic E-state index is 0.0274. The predicted molar refractivity (Wildman–Crippen MR) is 109 cm³/mol. The van der Waals surface area contributed by atoms with E-state index in [9.17, 15) is 14.7 Å². The Bertz CT molecular complexity index is 1210. The molecule has 12 heteroatoms. The van der Waals surface area contributed by atoms with Crippen LogP contribution in [0.15, 0.2) is 23.4 Å². The van der Waals surface area contributed by atoms with Gasteiger partial charge in [0.2, 0.25) is 10.6 Å². The van der Waals surface area contributed by atoms with Crippen molar-refractivity contribution in [2.24, 2.45) is 0 Å². The number of nitrogens with zero attached hydrogens (tertiary/aromatic N) is 5. The molecule has 1 saturated heterocycles. The molecule has 10 nitrogen and oxygen atoms in total. The average Bonchev–Trinajstić information content (AvgIpc) is 3.38. The van der Waals surface area contributed by atoms with Crippen molar-refractivity contribution in [3.8, 4) is 5.75 Å². The number of carbonyl (C=O) groups is 1. The molecule has 1 fully saturated rings. The fourth-order valence-corrected chi connectivity index (χ4v) is 4.47. The Hall–Kier alpha value is -3.41. The molecule has 2 aliphatic heterocycles. The lowest BCUT2D eigenvalue weighted by Gasteiger charge is -2.33. The number of nitrogens with one attached hydrogen (secondary N) is 1. The maximum Gasteiger partial charge on any atom is 0.341 e. The molecule has 0 spiro atoms. The number of rotatable bonds is 4. The number of pyridine rings is 1. The third-order valence-electron chi connectivity index (χ3n) is 5.34. The highest BCUT2D eigenvalue weighted by Gasteiger charge is 2.32. The zero-order valence-electron chi connectivity index (χ0n) is 15.8. The van der Waals surface area contributed by atoms with E-state index in [-0.39, 0.29) is 29.6 Å². The smallest absolute Gasteiger partial charge is 0.341 e. The van der Waals surface area contributed by atoms with Crippen LogP contribution in [0, 0.1) is 5.82 Å². The second kappa shape index (κ2) is 6.83. The van der Waals surface area contributed by atoms with Crippen LogP contribution >= 0.6 is 11.5 Å². The van der Waals surface area contributed by atoms with Gasteiger partial charge in [0.05, 0.1) is 5.39 Å². The van der Waals surface area contributed by atoms with Crippen molar-refractivity contribution in [2.75, 3.05) is 42.1 Å². The van der Waals surface area contributed by atoms with Gasteiger partial charge in [0, 0.05) is 43.9 Å². The van der Waals surface area contributed by atoms with Gasteiger partial charge in [0.1, 0.15) is 23.1 Å². The Labute approximate surface area is 173 Å². The van der Waals surface area contributed by atoms with Gasteiger partial charge in [-0.3, -0.25) is 14.5 Å².